The fourth-order valence-electron chi connectivity index (χ4n) is 2.57. The number of carbonyl (C=O) groups excluding carboxylic acids is 4. The molecule has 11 heteroatoms. The summed E-state index contributed by atoms with van der Waals surface area (Å²) in [5.74, 6) is -2.80. The van der Waals surface area contributed by atoms with E-state index < -0.39 is 54.6 Å². The van der Waals surface area contributed by atoms with Gasteiger partial charge in [-0.25, -0.2) is 0 Å². The van der Waals surface area contributed by atoms with E-state index in [9.17, 15) is 19.2 Å². The van der Waals surface area contributed by atoms with Crippen molar-refractivity contribution in [2.45, 2.75) is 58.4 Å². The summed E-state index contributed by atoms with van der Waals surface area (Å²) in [6, 6.07) is 1.78. The van der Waals surface area contributed by atoms with Gasteiger partial charge in [0, 0.05) is 33.8 Å². The molecule has 0 aliphatic carbocycles. The summed E-state index contributed by atoms with van der Waals surface area (Å²) in [5, 5.41) is 8.55. The molecule has 1 rings (SSSR count). The van der Waals surface area contributed by atoms with E-state index in [-0.39, 0.29) is 13.2 Å². The number of nitrogens with zero attached hydrogens (tertiary/aromatic N) is 1. The van der Waals surface area contributed by atoms with Crippen LogP contribution in [0, 0.1) is 11.3 Å². The van der Waals surface area contributed by atoms with Crippen LogP contribution in [0.2, 0.25) is 0 Å². The van der Waals surface area contributed by atoms with E-state index in [0.717, 1.165) is 20.8 Å². The third-order valence-electron chi connectivity index (χ3n) is 3.50. The summed E-state index contributed by atoms with van der Waals surface area (Å²) in [5.41, 5.74) is 0. The van der Waals surface area contributed by atoms with E-state index in [2.05, 4.69) is 0 Å². The van der Waals surface area contributed by atoms with Crippen molar-refractivity contribution in [1.29, 1.82) is 5.26 Å². The monoisotopic (exact) mass is 413 g/mol. The maximum Gasteiger partial charge on any atom is 0.303 e. The van der Waals surface area contributed by atoms with Crippen molar-refractivity contribution in [2.24, 2.45) is 0 Å². The van der Waals surface area contributed by atoms with Gasteiger partial charge >= 0.3 is 23.9 Å². The fraction of sp³-hybridized carbons (Fsp3) is 0.611. The highest BCUT2D eigenvalue weighted by molar-refractivity contribution is 5.68. The van der Waals surface area contributed by atoms with Crippen molar-refractivity contribution in [2.75, 3.05) is 13.2 Å². The van der Waals surface area contributed by atoms with Crippen molar-refractivity contribution >= 4 is 23.9 Å². The highest BCUT2D eigenvalue weighted by atomic mass is 16.7. The summed E-state index contributed by atoms with van der Waals surface area (Å²) >= 11 is 0. The number of hydrogen-bond donors (Lipinski definition) is 0. The van der Waals surface area contributed by atoms with Gasteiger partial charge in [-0.2, -0.15) is 5.26 Å². The molecule has 5 atom stereocenters. The smallest absolute Gasteiger partial charge is 0.303 e. The van der Waals surface area contributed by atoms with Crippen molar-refractivity contribution in [1.82, 2.24) is 0 Å². The maximum atomic E-state index is 11.6. The predicted octanol–water partition coefficient (Wildman–Crippen LogP) is 0.166. The van der Waals surface area contributed by atoms with Gasteiger partial charge in [-0.05, 0) is 6.08 Å². The zero-order valence-electron chi connectivity index (χ0n) is 16.5. The van der Waals surface area contributed by atoms with Crippen LogP contribution in [0.15, 0.2) is 12.2 Å². The number of esters is 4. The Morgan fingerprint density at radius 3 is 1.97 bits per heavy atom. The first-order chi connectivity index (χ1) is 13.6. The topological polar surface area (TPSA) is 147 Å². The molecular weight excluding hydrogens is 390 g/mol. The second-order valence-corrected chi connectivity index (χ2v) is 5.93. The number of ether oxygens (including phenoxy) is 6. The first-order valence-corrected chi connectivity index (χ1v) is 8.62. The quantitative estimate of drug-likeness (QED) is 0.304. The Balaban J connectivity index is 3.24. The molecular formula is C18H23NO10. The molecule has 11 nitrogen and oxygen atoms in total. The molecule has 0 bridgehead atoms. The number of rotatable bonds is 8. The van der Waals surface area contributed by atoms with Crippen LogP contribution < -0.4 is 0 Å². The van der Waals surface area contributed by atoms with E-state index in [0.29, 0.717) is 0 Å². The average molecular weight is 413 g/mol. The predicted molar refractivity (Wildman–Crippen MR) is 92.7 cm³/mol. The Bertz CT molecular complexity index is 683. The Labute approximate surface area is 167 Å². The fourth-order valence-corrected chi connectivity index (χ4v) is 2.57. The van der Waals surface area contributed by atoms with E-state index in [1.165, 1.54) is 19.1 Å². The van der Waals surface area contributed by atoms with Crippen LogP contribution >= 0.6 is 0 Å². The lowest BCUT2D eigenvalue weighted by atomic mass is 9.98. The third-order valence-corrected chi connectivity index (χ3v) is 3.50. The molecule has 5 unspecified atom stereocenters. The summed E-state index contributed by atoms with van der Waals surface area (Å²) in [6.07, 6.45) is -3.61. The normalized spacial score (nSPS) is 26.2. The van der Waals surface area contributed by atoms with Crippen LogP contribution in [0.4, 0.5) is 0 Å². The standard InChI is InChI=1S/C18H23NO10/c1-10(20)25-9-14-15(26-11(2)21)16(27-12(3)22)17(28-13(4)23)18(29-14)24-8-6-5-7-19/h5-6,14-18H,8-9H2,1-4H3/b6-5-. The van der Waals surface area contributed by atoms with Crippen LogP contribution in [0.1, 0.15) is 27.7 Å². The Morgan fingerprint density at radius 1 is 0.897 bits per heavy atom. The van der Waals surface area contributed by atoms with E-state index >= 15 is 0 Å². The number of allylic oxidation sites excluding steroid dienone is 1. The van der Waals surface area contributed by atoms with Crippen molar-refractivity contribution in [3.63, 3.8) is 0 Å². The Kier molecular flexibility index (Phi) is 9.78. The lowest BCUT2D eigenvalue weighted by Crippen LogP contribution is -2.62. The first-order valence-electron chi connectivity index (χ1n) is 8.62. The molecule has 160 valence electrons. The van der Waals surface area contributed by atoms with Crippen LogP contribution in [-0.2, 0) is 47.6 Å². The molecule has 0 aromatic heterocycles. The summed E-state index contributed by atoms with van der Waals surface area (Å²) < 4.78 is 31.8. The van der Waals surface area contributed by atoms with Gasteiger partial charge in [0.2, 0.25) is 0 Å². The number of carbonyl (C=O) groups is 4. The first kappa shape index (κ1) is 24.1. The molecule has 0 saturated carbocycles. The van der Waals surface area contributed by atoms with Gasteiger partial charge < -0.3 is 28.4 Å². The van der Waals surface area contributed by atoms with Crippen molar-refractivity contribution in [3.8, 4) is 6.07 Å². The van der Waals surface area contributed by atoms with Crippen LogP contribution in [-0.4, -0.2) is 67.8 Å². The van der Waals surface area contributed by atoms with Gasteiger partial charge in [-0.15, -0.1) is 0 Å². The molecule has 1 saturated heterocycles. The Morgan fingerprint density at radius 2 is 1.45 bits per heavy atom. The molecule has 0 aromatic carbocycles. The molecule has 0 radical (unpaired) electrons. The molecule has 0 spiro atoms. The SMILES string of the molecule is CC(=O)OCC1OC(OC/C=C\C#N)C(OC(C)=O)C(OC(C)=O)C1OC(C)=O. The van der Waals surface area contributed by atoms with Crippen LogP contribution in [0.5, 0.6) is 0 Å². The summed E-state index contributed by atoms with van der Waals surface area (Å²) in [6.45, 7) is 4.12. The van der Waals surface area contributed by atoms with E-state index in [1.54, 1.807) is 6.07 Å². The third kappa shape index (κ3) is 8.28. The highest BCUT2D eigenvalue weighted by Gasteiger charge is 2.52. The largest absolute Gasteiger partial charge is 0.463 e. The molecule has 1 aliphatic rings. The van der Waals surface area contributed by atoms with Crippen molar-refractivity contribution in [3.05, 3.63) is 12.2 Å². The zero-order valence-corrected chi connectivity index (χ0v) is 16.5. The van der Waals surface area contributed by atoms with Gasteiger partial charge in [0.25, 0.3) is 0 Å². The molecule has 1 fully saturated rings. The summed E-state index contributed by atoms with van der Waals surface area (Å²) in [7, 11) is 0. The maximum absolute atomic E-state index is 11.6. The number of nitriles is 1. The van der Waals surface area contributed by atoms with Gasteiger partial charge in [0.05, 0.1) is 12.7 Å². The second kappa shape index (κ2) is 11.8. The molecule has 1 aliphatic heterocycles. The Hall–Kier alpha value is -2.97. The average Bonchev–Trinajstić information content (AvgIpc) is 2.60. The zero-order chi connectivity index (χ0) is 22.0. The molecule has 0 amide bonds. The minimum absolute atomic E-state index is 0.0959. The lowest BCUT2D eigenvalue weighted by molar-refractivity contribution is -0.305. The minimum atomic E-state index is -1.29. The van der Waals surface area contributed by atoms with Gasteiger partial charge in [-0.3, -0.25) is 19.2 Å². The van der Waals surface area contributed by atoms with E-state index in [1.807, 2.05) is 0 Å². The molecule has 1 heterocycles. The highest BCUT2D eigenvalue weighted by Crippen LogP contribution is 2.29. The lowest BCUT2D eigenvalue weighted by Gasteiger charge is -2.43. The van der Waals surface area contributed by atoms with Crippen LogP contribution in [0.3, 0.4) is 0 Å². The second-order valence-electron chi connectivity index (χ2n) is 5.93. The van der Waals surface area contributed by atoms with Crippen LogP contribution in [0.25, 0.3) is 0 Å². The van der Waals surface area contributed by atoms with Gasteiger partial charge in [0.15, 0.2) is 24.6 Å². The van der Waals surface area contributed by atoms with Crippen molar-refractivity contribution < 1.29 is 47.6 Å². The van der Waals surface area contributed by atoms with Gasteiger partial charge in [-0.1, -0.05) is 0 Å². The molecule has 29 heavy (non-hydrogen) atoms. The summed E-state index contributed by atoms with van der Waals surface area (Å²) in [4.78, 5) is 46.0. The minimum Gasteiger partial charge on any atom is -0.463 e. The van der Waals surface area contributed by atoms with Gasteiger partial charge in [0.1, 0.15) is 12.7 Å². The molecule has 0 N–H and O–H groups in total. The number of hydrogen-bond acceptors (Lipinski definition) is 11. The van der Waals surface area contributed by atoms with E-state index in [4.69, 9.17) is 33.7 Å². The molecule has 0 aromatic rings.